The van der Waals surface area contributed by atoms with Gasteiger partial charge >= 0.3 is 0 Å². The Balaban J connectivity index is 2.08. The highest BCUT2D eigenvalue weighted by molar-refractivity contribution is 5.76. The number of pyridine rings is 1. The van der Waals surface area contributed by atoms with Gasteiger partial charge in [0.25, 0.3) is 5.56 Å². The summed E-state index contributed by atoms with van der Waals surface area (Å²) < 4.78 is 1.45. The molecule has 0 saturated carbocycles. The number of likely N-dealkylation sites (tertiary alicyclic amines) is 1. The lowest BCUT2D eigenvalue weighted by Crippen LogP contribution is -2.40. The van der Waals surface area contributed by atoms with Crippen molar-refractivity contribution < 1.29 is 9.90 Å². The molecule has 1 aliphatic rings. The van der Waals surface area contributed by atoms with E-state index in [1.165, 1.54) is 4.57 Å². The average molecular weight is 278 g/mol. The van der Waals surface area contributed by atoms with Crippen LogP contribution in [0.25, 0.3) is 0 Å². The van der Waals surface area contributed by atoms with Gasteiger partial charge < -0.3 is 14.6 Å². The Morgan fingerprint density at radius 2 is 2.30 bits per heavy atom. The van der Waals surface area contributed by atoms with Crippen LogP contribution in [-0.2, 0) is 11.3 Å². The number of aromatic nitrogens is 1. The van der Waals surface area contributed by atoms with E-state index in [1.807, 2.05) is 4.90 Å². The Bertz CT molecular complexity index is 536. The minimum atomic E-state index is -0.407. The van der Waals surface area contributed by atoms with Crippen LogP contribution in [0.15, 0.2) is 23.1 Å². The number of carbonyl (C=O) groups excluding carboxylic acids is 1. The largest absolute Gasteiger partial charge is 0.393 e. The lowest BCUT2D eigenvalue weighted by Gasteiger charge is -2.26. The van der Waals surface area contributed by atoms with Crippen LogP contribution in [0.3, 0.4) is 0 Å². The maximum Gasteiger partial charge on any atom is 0.253 e. The van der Waals surface area contributed by atoms with Crippen LogP contribution in [-0.4, -0.2) is 39.2 Å². The monoisotopic (exact) mass is 278 g/mol. The maximum absolute atomic E-state index is 12.4. The molecule has 2 unspecified atom stereocenters. The fourth-order valence-electron chi connectivity index (χ4n) is 2.82. The van der Waals surface area contributed by atoms with Crippen molar-refractivity contribution in [3.8, 4) is 0 Å². The minimum Gasteiger partial charge on any atom is -0.393 e. The van der Waals surface area contributed by atoms with Crippen molar-refractivity contribution in [2.24, 2.45) is 0 Å². The third-order valence-corrected chi connectivity index (χ3v) is 3.83. The van der Waals surface area contributed by atoms with Gasteiger partial charge in [0, 0.05) is 24.3 Å². The topological polar surface area (TPSA) is 62.5 Å². The molecular formula is C15H22N2O3. The van der Waals surface area contributed by atoms with Gasteiger partial charge in [-0.15, -0.1) is 0 Å². The van der Waals surface area contributed by atoms with E-state index in [1.54, 1.807) is 32.2 Å². The van der Waals surface area contributed by atoms with Crippen molar-refractivity contribution in [2.45, 2.75) is 51.8 Å². The molecule has 0 spiro atoms. The summed E-state index contributed by atoms with van der Waals surface area (Å²) in [5.74, 6) is -0.0409. The molecule has 2 atom stereocenters. The van der Waals surface area contributed by atoms with Crippen LogP contribution in [0.2, 0.25) is 0 Å². The molecule has 0 aliphatic carbocycles. The first-order valence-corrected chi connectivity index (χ1v) is 7.12. The van der Waals surface area contributed by atoms with Gasteiger partial charge in [-0.05, 0) is 39.2 Å². The Morgan fingerprint density at radius 3 is 3.00 bits per heavy atom. The summed E-state index contributed by atoms with van der Waals surface area (Å²) >= 11 is 0. The molecule has 1 fully saturated rings. The van der Waals surface area contributed by atoms with E-state index in [2.05, 4.69) is 0 Å². The van der Waals surface area contributed by atoms with E-state index in [4.69, 9.17) is 0 Å². The predicted molar refractivity (Wildman–Crippen MR) is 76.5 cm³/mol. The summed E-state index contributed by atoms with van der Waals surface area (Å²) in [5, 5.41) is 9.49. The molecule has 1 aliphatic heterocycles. The van der Waals surface area contributed by atoms with Gasteiger partial charge in [-0.2, -0.15) is 0 Å². The normalized spacial score (nSPS) is 20.1. The van der Waals surface area contributed by atoms with Gasteiger partial charge in [-0.25, -0.2) is 0 Å². The van der Waals surface area contributed by atoms with Crippen molar-refractivity contribution in [1.29, 1.82) is 0 Å². The molecule has 1 N–H and O–H groups in total. The van der Waals surface area contributed by atoms with Crippen LogP contribution in [0.4, 0.5) is 0 Å². The highest BCUT2D eigenvalue weighted by Gasteiger charge is 2.29. The number of nitrogens with zero attached hydrogens (tertiary/aromatic N) is 2. The number of hydrogen-bond donors (Lipinski definition) is 1. The first kappa shape index (κ1) is 14.8. The zero-order chi connectivity index (χ0) is 14.7. The number of carbonyl (C=O) groups is 1. The highest BCUT2D eigenvalue weighted by Crippen LogP contribution is 2.21. The smallest absolute Gasteiger partial charge is 0.253 e. The molecule has 1 saturated heterocycles. The number of aliphatic hydroxyl groups is 1. The molecule has 5 heteroatoms. The van der Waals surface area contributed by atoms with Crippen LogP contribution in [0.1, 0.15) is 31.7 Å². The second kappa shape index (κ2) is 6.22. The predicted octanol–water partition coefficient (Wildman–Crippen LogP) is 0.919. The Hall–Kier alpha value is -1.62. The molecule has 1 amide bonds. The minimum absolute atomic E-state index is 0.0409. The Kier molecular flexibility index (Phi) is 4.60. The van der Waals surface area contributed by atoms with Gasteiger partial charge in [-0.3, -0.25) is 9.59 Å². The molecule has 0 radical (unpaired) electrons. The van der Waals surface area contributed by atoms with Crippen molar-refractivity contribution >= 4 is 5.91 Å². The molecule has 20 heavy (non-hydrogen) atoms. The van der Waals surface area contributed by atoms with Crippen molar-refractivity contribution in [1.82, 2.24) is 9.47 Å². The summed E-state index contributed by atoms with van der Waals surface area (Å²) in [7, 11) is 0. The summed E-state index contributed by atoms with van der Waals surface area (Å²) in [5.41, 5.74) is 0.523. The lowest BCUT2D eigenvalue weighted by atomic mass is 10.1. The Labute approximate surface area is 118 Å². The van der Waals surface area contributed by atoms with Crippen LogP contribution < -0.4 is 5.56 Å². The first-order valence-electron chi connectivity index (χ1n) is 7.12. The van der Waals surface area contributed by atoms with E-state index in [9.17, 15) is 14.7 Å². The number of hydrogen-bond acceptors (Lipinski definition) is 3. The van der Waals surface area contributed by atoms with Crippen molar-refractivity contribution in [3.05, 3.63) is 34.2 Å². The average Bonchev–Trinajstić information content (AvgIpc) is 2.82. The molecule has 2 heterocycles. The summed E-state index contributed by atoms with van der Waals surface area (Å²) in [4.78, 5) is 26.1. The van der Waals surface area contributed by atoms with Crippen LogP contribution in [0, 0.1) is 6.92 Å². The summed E-state index contributed by atoms with van der Waals surface area (Å²) in [6.45, 7) is 4.29. The SMILES string of the molecule is Cc1cccn(CC(=O)N2CCCC2CC(C)O)c1=O. The standard InChI is InChI=1S/C15H22N2O3/c1-11-5-3-7-16(15(11)20)10-14(19)17-8-4-6-13(17)9-12(2)18/h3,5,7,12-13,18H,4,6,8-10H2,1-2H3. The second-order valence-electron chi connectivity index (χ2n) is 5.59. The van der Waals surface area contributed by atoms with E-state index in [-0.39, 0.29) is 24.1 Å². The summed E-state index contributed by atoms with van der Waals surface area (Å²) in [6.07, 6.45) is 3.74. The van der Waals surface area contributed by atoms with Gasteiger partial charge in [0.15, 0.2) is 0 Å². The molecule has 5 nitrogen and oxygen atoms in total. The molecule has 0 bridgehead atoms. The van der Waals surface area contributed by atoms with E-state index in [0.717, 1.165) is 19.4 Å². The quantitative estimate of drug-likeness (QED) is 0.891. The molecule has 1 aromatic rings. The molecule has 1 aromatic heterocycles. The van der Waals surface area contributed by atoms with E-state index in [0.29, 0.717) is 12.0 Å². The second-order valence-corrected chi connectivity index (χ2v) is 5.59. The Morgan fingerprint density at radius 1 is 1.55 bits per heavy atom. The number of aryl methyl sites for hydroxylation is 1. The fourth-order valence-corrected chi connectivity index (χ4v) is 2.82. The maximum atomic E-state index is 12.4. The molecule has 110 valence electrons. The lowest BCUT2D eigenvalue weighted by molar-refractivity contribution is -0.133. The molecule has 0 aromatic carbocycles. The van der Waals surface area contributed by atoms with Gasteiger partial charge in [0.05, 0.1) is 6.10 Å². The van der Waals surface area contributed by atoms with Crippen molar-refractivity contribution in [3.63, 3.8) is 0 Å². The van der Waals surface area contributed by atoms with Gasteiger partial charge in [0.2, 0.25) is 5.91 Å². The summed E-state index contributed by atoms with van der Waals surface area (Å²) in [6, 6.07) is 3.62. The first-order chi connectivity index (χ1) is 9.49. The third-order valence-electron chi connectivity index (χ3n) is 3.83. The third kappa shape index (κ3) is 3.28. The van der Waals surface area contributed by atoms with E-state index >= 15 is 0 Å². The van der Waals surface area contributed by atoms with Crippen molar-refractivity contribution in [2.75, 3.05) is 6.54 Å². The zero-order valence-electron chi connectivity index (χ0n) is 12.1. The van der Waals surface area contributed by atoms with Crippen LogP contribution in [0.5, 0.6) is 0 Å². The number of amides is 1. The van der Waals surface area contributed by atoms with E-state index < -0.39 is 6.10 Å². The molecule has 2 rings (SSSR count). The van der Waals surface area contributed by atoms with Gasteiger partial charge in [-0.1, -0.05) is 6.07 Å². The fraction of sp³-hybridized carbons (Fsp3) is 0.600. The van der Waals surface area contributed by atoms with Crippen LogP contribution >= 0.6 is 0 Å². The number of aliphatic hydroxyl groups excluding tert-OH is 1. The highest BCUT2D eigenvalue weighted by atomic mass is 16.3. The number of rotatable bonds is 4. The molecular weight excluding hydrogens is 256 g/mol. The zero-order valence-corrected chi connectivity index (χ0v) is 12.1. The van der Waals surface area contributed by atoms with Gasteiger partial charge in [0.1, 0.15) is 6.54 Å².